The first-order valence-corrected chi connectivity index (χ1v) is 11.9. The quantitative estimate of drug-likeness (QED) is 0.116. The van der Waals surface area contributed by atoms with Crippen LogP contribution in [0.1, 0.15) is 77.6 Å². The highest BCUT2D eigenvalue weighted by atomic mass is 35.5. The number of rotatable bonds is 14. The molecular formula is C25H30ClF3N2O2. The summed E-state index contributed by atoms with van der Waals surface area (Å²) in [6.07, 6.45) is 11.5. The van der Waals surface area contributed by atoms with Crippen LogP contribution in [0.2, 0.25) is 5.02 Å². The molecule has 4 nitrogen and oxygen atoms in total. The topological polar surface area (TPSA) is 51.0 Å². The van der Waals surface area contributed by atoms with E-state index in [0.717, 1.165) is 37.5 Å². The Labute approximate surface area is 198 Å². The van der Waals surface area contributed by atoms with E-state index in [1.54, 1.807) is 0 Å². The second kappa shape index (κ2) is 14.7. The SMILES string of the molecule is CCCCCCCCCCCCC(=O)Oc1cc(F)c(N=Nc2c(F)cccc2Cl)c(F)c1. The summed E-state index contributed by atoms with van der Waals surface area (Å²) in [7, 11) is 0. The number of hydrogen-bond acceptors (Lipinski definition) is 4. The summed E-state index contributed by atoms with van der Waals surface area (Å²) in [5.74, 6) is -3.77. The maximum Gasteiger partial charge on any atom is 0.311 e. The number of unbranched alkanes of at least 4 members (excludes halogenated alkanes) is 9. The van der Waals surface area contributed by atoms with Crippen LogP contribution in [0.15, 0.2) is 40.6 Å². The number of azo groups is 1. The third kappa shape index (κ3) is 9.54. The maximum absolute atomic E-state index is 14.3. The summed E-state index contributed by atoms with van der Waals surface area (Å²) in [6.45, 7) is 2.20. The number of carbonyl (C=O) groups is 1. The molecular weight excluding hydrogens is 453 g/mol. The van der Waals surface area contributed by atoms with Crippen LogP contribution in [0.4, 0.5) is 24.5 Å². The molecule has 0 aliphatic heterocycles. The Morgan fingerprint density at radius 3 is 1.94 bits per heavy atom. The molecule has 0 fully saturated rings. The van der Waals surface area contributed by atoms with E-state index in [0.29, 0.717) is 6.42 Å². The molecule has 0 saturated heterocycles. The van der Waals surface area contributed by atoms with Crippen molar-refractivity contribution in [2.75, 3.05) is 0 Å². The zero-order valence-corrected chi connectivity index (χ0v) is 19.6. The van der Waals surface area contributed by atoms with Gasteiger partial charge >= 0.3 is 5.97 Å². The van der Waals surface area contributed by atoms with E-state index in [1.165, 1.54) is 50.7 Å². The molecule has 0 aliphatic carbocycles. The third-order valence-electron chi connectivity index (χ3n) is 5.14. The van der Waals surface area contributed by atoms with Gasteiger partial charge in [-0.3, -0.25) is 4.79 Å². The van der Waals surface area contributed by atoms with E-state index >= 15 is 0 Å². The van der Waals surface area contributed by atoms with Crippen LogP contribution in [0.25, 0.3) is 0 Å². The van der Waals surface area contributed by atoms with Crippen molar-refractivity contribution in [3.8, 4) is 5.75 Å². The van der Waals surface area contributed by atoms with Crippen LogP contribution < -0.4 is 4.74 Å². The molecule has 0 atom stereocenters. The molecule has 0 bridgehead atoms. The summed E-state index contributed by atoms with van der Waals surface area (Å²) >= 11 is 5.82. The van der Waals surface area contributed by atoms with E-state index < -0.39 is 29.1 Å². The van der Waals surface area contributed by atoms with Crippen LogP contribution in [0, 0.1) is 17.5 Å². The molecule has 0 aromatic heterocycles. The molecule has 33 heavy (non-hydrogen) atoms. The van der Waals surface area contributed by atoms with E-state index in [-0.39, 0.29) is 22.9 Å². The monoisotopic (exact) mass is 482 g/mol. The van der Waals surface area contributed by atoms with Gasteiger partial charge in [-0.05, 0) is 18.6 Å². The predicted molar refractivity (Wildman–Crippen MR) is 124 cm³/mol. The largest absolute Gasteiger partial charge is 0.426 e. The molecule has 0 aliphatic rings. The zero-order chi connectivity index (χ0) is 24.1. The van der Waals surface area contributed by atoms with E-state index in [1.807, 2.05) is 0 Å². The molecule has 0 N–H and O–H groups in total. The lowest BCUT2D eigenvalue weighted by Crippen LogP contribution is -2.08. The molecule has 0 unspecified atom stereocenters. The Balaban J connectivity index is 1.78. The average Bonchev–Trinajstić information content (AvgIpc) is 2.76. The van der Waals surface area contributed by atoms with Gasteiger partial charge in [0.25, 0.3) is 0 Å². The first-order chi connectivity index (χ1) is 15.9. The van der Waals surface area contributed by atoms with E-state index in [9.17, 15) is 18.0 Å². The normalized spacial score (nSPS) is 11.3. The van der Waals surface area contributed by atoms with Crippen molar-refractivity contribution in [2.45, 2.75) is 77.6 Å². The fraction of sp³-hybridized carbons (Fsp3) is 0.480. The van der Waals surface area contributed by atoms with Crippen molar-refractivity contribution in [3.63, 3.8) is 0 Å². The molecule has 0 spiro atoms. The van der Waals surface area contributed by atoms with Gasteiger partial charge < -0.3 is 4.74 Å². The average molecular weight is 483 g/mol. The van der Waals surface area contributed by atoms with Gasteiger partial charge in [-0.15, -0.1) is 10.2 Å². The van der Waals surface area contributed by atoms with Crippen LogP contribution >= 0.6 is 11.6 Å². The second-order valence-electron chi connectivity index (χ2n) is 7.91. The number of hydrogen-bond donors (Lipinski definition) is 0. The fourth-order valence-electron chi connectivity index (χ4n) is 3.32. The standard InChI is InChI=1S/C25H30ClF3N2O2/c1-2-3-4-5-6-7-8-9-10-11-15-23(32)33-18-16-21(28)25(22(29)17-18)31-30-24-19(26)13-12-14-20(24)27/h12-14,16-17H,2-11,15H2,1H3. The van der Waals surface area contributed by atoms with Crippen LogP contribution in [0.5, 0.6) is 5.75 Å². The van der Waals surface area contributed by atoms with Crippen LogP contribution in [-0.2, 0) is 4.79 Å². The number of esters is 1. The summed E-state index contributed by atoms with van der Waals surface area (Å²) in [6, 6.07) is 5.54. The molecule has 0 heterocycles. The number of ether oxygens (including phenoxy) is 1. The fourth-order valence-corrected chi connectivity index (χ4v) is 3.52. The number of benzene rings is 2. The van der Waals surface area contributed by atoms with Crippen LogP contribution in [-0.4, -0.2) is 5.97 Å². The predicted octanol–water partition coefficient (Wildman–Crippen LogP) is 9.39. The van der Waals surface area contributed by atoms with Gasteiger partial charge in [-0.2, -0.15) is 0 Å². The highest BCUT2D eigenvalue weighted by Crippen LogP contribution is 2.32. The van der Waals surface area contributed by atoms with E-state index in [2.05, 4.69) is 17.2 Å². The zero-order valence-electron chi connectivity index (χ0n) is 18.9. The van der Waals surface area contributed by atoms with Gasteiger partial charge in [0.1, 0.15) is 11.4 Å². The lowest BCUT2D eigenvalue weighted by atomic mass is 10.1. The summed E-state index contributed by atoms with van der Waals surface area (Å²) in [5.41, 5.74) is -1.06. The van der Waals surface area contributed by atoms with Gasteiger partial charge in [0.15, 0.2) is 23.1 Å². The lowest BCUT2D eigenvalue weighted by Gasteiger charge is -2.07. The Morgan fingerprint density at radius 2 is 1.36 bits per heavy atom. The minimum Gasteiger partial charge on any atom is -0.426 e. The Kier molecular flexibility index (Phi) is 11.9. The summed E-state index contributed by atoms with van der Waals surface area (Å²) < 4.78 is 47.3. The van der Waals surface area contributed by atoms with Crippen molar-refractivity contribution in [1.82, 2.24) is 0 Å². The Bertz CT molecular complexity index is 895. The van der Waals surface area contributed by atoms with Crippen molar-refractivity contribution in [1.29, 1.82) is 0 Å². The number of carbonyl (C=O) groups excluding carboxylic acids is 1. The van der Waals surface area contributed by atoms with Crippen molar-refractivity contribution in [2.24, 2.45) is 10.2 Å². The maximum atomic E-state index is 14.3. The van der Waals surface area contributed by atoms with Crippen molar-refractivity contribution in [3.05, 3.63) is 52.8 Å². The van der Waals surface area contributed by atoms with Gasteiger partial charge in [0.2, 0.25) is 0 Å². The first-order valence-electron chi connectivity index (χ1n) is 11.5. The smallest absolute Gasteiger partial charge is 0.311 e. The second-order valence-corrected chi connectivity index (χ2v) is 8.32. The summed E-state index contributed by atoms with van der Waals surface area (Å²) in [4.78, 5) is 12.0. The Morgan fingerprint density at radius 1 is 0.818 bits per heavy atom. The first kappa shape index (κ1) is 26.8. The van der Waals surface area contributed by atoms with Gasteiger partial charge in [0.05, 0.1) is 5.02 Å². The molecule has 2 aromatic rings. The van der Waals surface area contributed by atoms with Crippen molar-refractivity contribution < 1.29 is 22.7 Å². The molecule has 2 aromatic carbocycles. The van der Waals surface area contributed by atoms with Gasteiger partial charge in [-0.25, -0.2) is 13.2 Å². The molecule has 0 amide bonds. The lowest BCUT2D eigenvalue weighted by molar-refractivity contribution is -0.134. The van der Waals surface area contributed by atoms with E-state index in [4.69, 9.17) is 16.3 Å². The minimum absolute atomic E-state index is 0.0444. The summed E-state index contributed by atoms with van der Waals surface area (Å²) in [5, 5.41) is 6.90. The minimum atomic E-state index is -1.09. The molecule has 8 heteroatoms. The number of nitrogens with zero attached hydrogens (tertiary/aromatic N) is 2. The highest BCUT2D eigenvalue weighted by molar-refractivity contribution is 6.32. The molecule has 180 valence electrons. The third-order valence-corrected chi connectivity index (χ3v) is 5.45. The van der Waals surface area contributed by atoms with Crippen molar-refractivity contribution >= 4 is 28.9 Å². The Hall–Kier alpha value is -2.41. The molecule has 2 rings (SSSR count). The number of halogens is 4. The van der Waals surface area contributed by atoms with Crippen LogP contribution in [0.3, 0.4) is 0 Å². The van der Waals surface area contributed by atoms with Gasteiger partial charge in [-0.1, -0.05) is 82.4 Å². The molecule has 0 radical (unpaired) electrons. The highest BCUT2D eigenvalue weighted by Gasteiger charge is 2.15. The molecule has 0 saturated carbocycles. The van der Waals surface area contributed by atoms with Gasteiger partial charge in [0, 0.05) is 18.6 Å².